The molecule has 2 aromatic carbocycles. The molecule has 2 aromatic rings. The molecule has 3 atom stereocenters. The van der Waals surface area contributed by atoms with Crippen molar-refractivity contribution >= 4 is 17.7 Å². The molecule has 1 aliphatic carbocycles. The topological polar surface area (TPSA) is 64.6 Å². The molecule has 26 heavy (non-hydrogen) atoms. The van der Waals surface area contributed by atoms with Gasteiger partial charge in [0.05, 0.1) is 12.5 Å². The van der Waals surface area contributed by atoms with Crippen LogP contribution in [0.4, 0.5) is 19.3 Å². The Balaban J connectivity index is 1.42. The Morgan fingerprint density at radius 1 is 1.15 bits per heavy atom. The fraction of sp³-hybridized carbons (Fsp3) is 0.263. The number of halogens is 2. The van der Waals surface area contributed by atoms with Crippen LogP contribution in [0.3, 0.4) is 0 Å². The minimum atomic E-state index is -0.813. The van der Waals surface area contributed by atoms with Gasteiger partial charge >= 0.3 is 12.1 Å². The van der Waals surface area contributed by atoms with E-state index in [0.717, 1.165) is 17.7 Å². The number of carbonyl (C=O) groups is 2. The Morgan fingerprint density at radius 2 is 1.85 bits per heavy atom. The van der Waals surface area contributed by atoms with Crippen LogP contribution < -0.4 is 5.32 Å². The highest BCUT2D eigenvalue weighted by atomic mass is 19.1. The maximum absolute atomic E-state index is 14.4. The zero-order chi connectivity index (χ0) is 18.3. The molecule has 1 aliphatic heterocycles. The second kappa shape index (κ2) is 6.40. The largest absolute Gasteiger partial charge is 0.465 e. The molecule has 4 rings (SSSR count). The fourth-order valence-corrected chi connectivity index (χ4v) is 3.42. The first-order valence-corrected chi connectivity index (χ1v) is 8.18. The Kier molecular flexibility index (Phi) is 4.06. The van der Waals surface area contributed by atoms with Crippen molar-refractivity contribution in [3.63, 3.8) is 0 Å². The van der Waals surface area contributed by atoms with Crippen LogP contribution in [0.2, 0.25) is 0 Å². The van der Waals surface area contributed by atoms with Crippen molar-refractivity contribution in [2.75, 3.05) is 11.9 Å². The highest BCUT2D eigenvalue weighted by molar-refractivity contribution is 5.85. The summed E-state index contributed by atoms with van der Waals surface area (Å²) in [6.07, 6.45) is -0.813. The van der Waals surface area contributed by atoms with Crippen LogP contribution in [0.1, 0.15) is 17.0 Å². The van der Waals surface area contributed by atoms with Crippen LogP contribution in [0, 0.1) is 23.5 Å². The summed E-state index contributed by atoms with van der Waals surface area (Å²) < 4.78 is 38.6. The van der Waals surface area contributed by atoms with Gasteiger partial charge in [0, 0.05) is 23.1 Å². The van der Waals surface area contributed by atoms with Crippen LogP contribution >= 0.6 is 0 Å². The number of amides is 1. The Labute approximate surface area is 147 Å². The van der Waals surface area contributed by atoms with Gasteiger partial charge in [0.15, 0.2) is 0 Å². The summed E-state index contributed by atoms with van der Waals surface area (Å²) in [4.78, 5) is 23.3. The molecule has 5 nitrogen and oxygen atoms in total. The van der Waals surface area contributed by atoms with Gasteiger partial charge in [0.2, 0.25) is 0 Å². The lowest BCUT2D eigenvalue weighted by Gasteiger charge is -2.11. The van der Waals surface area contributed by atoms with Crippen LogP contribution in [0.5, 0.6) is 0 Å². The van der Waals surface area contributed by atoms with Gasteiger partial charge in [-0.25, -0.2) is 13.6 Å². The molecule has 0 unspecified atom stereocenters. The summed E-state index contributed by atoms with van der Waals surface area (Å²) >= 11 is 0. The number of cyclic esters (lactones) is 1. The lowest BCUT2D eigenvalue weighted by Crippen LogP contribution is -2.14. The van der Waals surface area contributed by atoms with E-state index in [4.69, 9.17) is 9.47 Å². The molecule has 2 aliphatic rings. The van der Waals surface area contributed by atoms with Crippen molar-refractivity contribution in [3.05, 3.63) is 65.2 Å². The maximum Gasteiger partial charge on any atom is 0.411 e. The van der Waals surface area contributed by atoms with E-state index in [0.29, 0.717) is 0 Å². The molecule has 0 bridgehead atoms. The number of ether oxygens (including phenoxy) is 2. The monoisotopic (exact) mass is 359 g/mol. The smallest absolute Gasteiger partial charge is 0.411 e. The third kappa shape index (κ3) is 3.00. The van der Waals surface area contributed by atoms with Gasteiger partial charge in [0.1, 0.15) is 18.2 Å². The van der Waals surface area contributed by atoms with Crippen molar-refractivity contribution in [2.24, 2.45) is 11.8 Å². The van der Waals surface area contributed by atoms with Gasteiger partial charge in [-0.1, -0.05) is 30.3 Å². The number of anilines is 1. The quantitative estimate of drug-likeness (QED) is 0.847. The number of rotatable bonds is 4. The third-order valence-corrected chi connectivity index (χ3v) is 4.73. The first-order valence-electron chi connectivity index (χ1n) is 8.18. The second-order valence-electron chi connectivity index (χ2n) is 6.39. The normalized spacial score (nSPS) is 23.2. The van der Waals surface area contributed by atoms with E-state index in [1.165, 1.54) is 0 Å². The Morgan fingerprint density at radius 3 is 2.46 bits per heavy atom. The van der Waals surface area contributed by atoms with Crippen molar-refractivity contribution in [1.82, 2.24) is 0 Å². The molecule has 0 spiro atoms. The Hall–Kier alpha value is -2.96. The predicted molar refractivity (Wildman–Crippen MR) is 87.3 cm³/mol. The molecule has 1 amide bonds. The minimum Gasteiger partial charge on any atom is -0.465 e. The van der Waals surface area contributed by atoms with Gasteiger partial charge in [0.25, 0.3) is 0 Å². The summed E-state index contributed by atoms with van der Waals surface area (Å²) in [6.45, 7) is 0.238. The van der Waals surface area contributed by atoms with Crippen LogP contribution in [0.25, 0.3) is 0 Å². The zero-order valence-electron chi connectivity index (χ0n) is 13.6. The number of nitrogens with one attached hydrogen (secondary N) is 1. The fourth-order valence-electron chi connectivity index (χ4n) is 3.42. The number of esters is 1. The van der Waals surface area contributed by atoms with E-state index < -0.39 is 35.5 Å². The number of hydrogen-bond acceptors (Lipinski definition) is 4. The van der Waals surface area contributed by atoms with Crippen LogP contribution in [0.15, 0.2) is 42.5 Å². The lowest BCUT2D eigenvalue weighted by atomic mass is 10.1. The summed E-state index contributed by atoms with van der Waals surface area (Å²) in [5.41, 5.74) is 0.623. The number of fused-ring (bicyclic) bond motifs is 1. The molecule has 0 aromatic heterocycles. The first-order chi connectivity index (χ1) is 12.5. The molecule has 1 heterocycles. The molecule has 1 saturated heterocycles. The van der Waals surface area contributed by atoms with Crippen molar-refractivity contribution < 1.29 is 27.8 Å². The molecule has 1 N–H and O–H groups in total. The maximum atomic E-state index is 14.4. The minimum absolute atomic E-state index is 0.0449. The van der Waals surface area contributed by atoms with Gasteiger partial charge in [-0.3, -0.25) is 10.1 Å². The van der Waals surface area contributed by atoms with E-state index >= 15 is 0 Å². The molecule has 7 heteroatoms. The zero-order valence-corrected chi connectivity index (χ0v) is 13.6. The van der Waals surface area contributed by atoms with E-state index in [-0.39, 0.29) is 30.4 Å². The number of hydrogen-bond donors (Lipinski definition) is 1. The number of benzene rings is 2. The first kappa shape index (κ1) is 16.5. The van der Waals surface area contributed by atoms with Gasteiger partial charge in [-0.05, 0) is 17.7 Å². The van der Waals surface area contributed by atoms with Gasteiger partial charge in [-0.2, -0.15) is 0 Å². The highest BCUT2D eigenvalue weighted by Crippen LogP contribution is 2.59. The van der Waals surface area contributed by atoms with E-state index in [2.05, 4.69) is 5.32 Å². The van der Waals surface area contributed by atoms with Crippen molar-refractivity contribution in [3.8, 4) is 0 Å². The molecule has 1 saturated carbocycles. The van der Waals surface area contributed by atoms with Gasteiger partial charge < -0.3 is 9.47 Å². The average molecular weight is 359 g/mol. The molecular weight excluding hydrogens is 344 g/mol. The Bertz CT molecular complexity index is 848. The average Bonchev–Trinajstić information content (AvgIpc) is 3.19. The van der Waals surface area contributed by atoms with Gasteiger partial charge in [-0.15, -0.1) is 0 Å². The second-order valence-corrected chi connectivity index (χ2v) is 6.39. The lowest BCUT2D eigenvalue weighted by molar-refractivity contribution is -0.141. The van der Waals surface area contributed by atoms with E-state index in [1.54, 1.807) is 12.1 Å². The van der Waals surface area contributed by atoms with Crippen LogP contribution in [-0.4, -0.2) is 18.7 Å². The predicted octanol–water partition coefficient (Wildman–Crippen LogP) is 3.60. The van der Waals surface area contributed by atoms with E-state index in [1.807, 2.05) is 18.2 Å². The standard InChI is InChI=1S/C19H15F2NO4/c20-13-6-11(22-19(24)26-8-10-4-2-1-3-5-10)7-14(21)17(13)15-12-9-25-18(23)16(12)15/h1-7,12,15-16H,8-9H2,(H,22,24)/t12-,15-,16-/m1/s1. The molecular formula is C19H15F2NO4. The highest BCUT2D eigenvalue weighted by Gasteiger charge is 2.62. The van der Waals surface area contributed by atoms with E-state index in [9.17, 15) is 18.4 Å². The molecule has 2 fully saturated rings. The number of carbonyl (C=O) groups excluding carboxylic acids is 2. The summed E-state index contributed by atoms with van der Waals surface area (Å²) in [5.74, 6) is -3.12. The molecule has 134 valence electrons. The van der Waals surface area contributed by atoms with Crippen molar-refractivity contribution in [2.45, 2.75) is 12.5 Å². The summed E-state index contributed by atoms with van der Waals surface area (Å²) in [5, 5.41) is 2.31. The summed E-state index contributed by atoms with van der Waals surface area (Å²) in [6, 6.07) is 11.1. The van der Waals surface area contributed by atoms with Crippen molar-refractivity contribution in [1.29, 1.82) is 0 Å². The molecule has 0 radical (unpaired) electrons. The third-order valence-electron chi connectivity index (χ3n) is 4.73. The van der Waals surface area contributed by atoms with Crippen LogP contribution in [-0.2, 0) is 20.9 Å². The summed E-state index contributed by atoms with van der Waals surface area (Å²) in [7, 11) is 0. The SMILES string of the molecule is O=C(Nc1cc(F)c([C@@H]2[C@H]3COC(=O)[C@H]32)c(F)c1)OCc1ccccc1.